The molecule has 0 radical (unpaired) electrons. The molecule has 11 nitrogen and oxygen atoms in total. The number of halogens is 1. The lowest BCUT2D eigenvalue weighted by Crippen LogP contribution is -2.53. The number of hydrogen-bond acceptors (Lipinski definition) is 9. The van der Waals surface area contributed by atoms with Gasteiger partial charge in [-0.2, -0.15) is 5.10 Å². The van der Waals surface area contributed by atoms with Gasteiger partial charge in [-0.3, -0.25) is 19.1 Å². The number of aliphatic hydroxyl groups is 1. The van der Waals surface area contributed by atoms with Crippen molar-refractivity contribution in [3.8, 4) is 11.4 Å². The fourth-order valence-corrected chi connectivity index (χ4v) is 8.30. The summed E-state index contributed by atoms with van der Waals surface area (Å²) in [7, 11) is 1.61. The first-order chi connectivity index (χ1) is 22.8. The van der Waals surface area contributed by atoms with Gasteiger partial charge in [0.25, 0.3) is 5.56 Å². The van der Waals surface area contributed by atoms with E-state index >= 15 is 0 Å². The summed E-state index contributed by atoms with van der Waals surface area (Å²) in [4.78, 5) is 41.9. The average Bonchev–Trinajstić information content (AvgIpc) is 3.72. The maximum Gasteiger partial charge on any atom is 0.264 e. The second-order valence-corrected chi connectivity index (χ2v) is 14.8. The Labute approximate surface area is 284 Å². The normalized spacial score (nSPS) is 20.0. The van der Waals surface area contributed by atoms with Crippen molar-refractivity contribution in [1.82, 2.24) is 34.1 Å². The van der Waals surface area contributed by atoms with Crippen molar-refractivity contribution in [2.45, 2.75) is 43.9 Å². The summed E-state index contributed by atoms with van der Waals surface area (Å²) in [5, 5.41) is 16.4. The molecule has 3 aromatic heterocycles. The van der Waals surface area contributed by atoms with Crippen LogP contribution in [0, 0.1) is 5.92 Å². The number of rotatable bonds is 8. The largest absolute Gasteiger partial charge is 0.497 e. The van der Waals surface area contributed by atoms with Crippen LogP contribution >= 0.6 is 27.3 Å². The van der Waals surface area contributed by atoms with Crippen LogP contribution in [-0.4, -0.2) is 84.0 Å². The van der Waals surface area contributed by atoms with Gasteiger partial charge >= 0.3 is 0 Å². The fourth-order valence-electron chi connectivity index (χ4n) is 6.90. The molecule has 244 valence electrons. The number of thiazole rings is 1. The molecule has 7 rings (SSSR count). The van der Waals surface area contributed by atoms with Crippen LogP contribution in [0.3, 0.4) is 0 Å². The van der Waals surface area contributed by atoms with Gasteiger partial charge in [0.15, 0.2) is 9.56 Å². The molecule has 2 aliphatic heterocycles. The van der Waals surface area contributed by atoms with Gasteiger partial charge in [0.05, 0.1) is 31.1 Å². The third-order valence-electron chi connectivity index (χ3n) is 9.49. The van der Waals surface area contributed by atoms with E-state index in [4.69, 9.17) is 4.74 Å². The van der Waals surface area contributed by atoms with Crippen molar-refractivity contribution in [3.05, 3.63) is 98.0 Å². The Morgan fingerprint density at radius 3 is 2.53 bits per heavy atom. The van der Waals surface area contributed by atoms with E-state index in [2.05, 4.69) is 48.0 Å². The molecule has 0 unspecified atom stereocenters. The van der Waals surface area contributed by atoms with Crippen molar-refractivity contribution >= 4 is 44.2 Å². The molecule has 0 spiro atoms. The third-order valence-corrected chi connectivity index (χ3v) is 10.9. The predicted octanol–water partition coefficient (Wildman–Crippen LogP) is 4.47. The van der Waals surface area contributed by atoms with Crippen LogP contribution in [0.25, 0.3) is 16.7 Å². The molecule has 0 bridgehead atoms. The molecule has 2 fully saturated rings. The summed E-state index contributed by atoms with van der Waals surface area (Å²) >= 11 is 5.11. The van der Waals surface area contributed by atoms with Crippen LogP contribution in [0.1, 0.15) is 35.6 Å². The molecule has 1 amide bonds. The molecule has 0 aliphatic carbocycles. The van der Waals surface area contributed by atoms with Gasteiger partial charge in [0, 0.05) is 49.1 Å². The Morgan fingerprint density at radius 2 is 1.83 bits per heavy atom. The van der Waals surface area contributed by atoms with E-state index < -0.39 is 5.60 Å². The van der Waals surface area contributed by atoms with E-state index in [-0.39, 0.29) is 29.8 Å². The van der Waals surface area contributed by atoms with Crippen molar-refractivity contribution in [2.75, 3.05) is 33.3 Å². The number of likely N-dealkylation sites (tertiary alicyclic amines) is 2. The molecule has 2 saturated heterocycles. The summed E-state index contributed by atoms with van der Waals surface area (Å²) < 4.78 is 9.19. The number of fused-ring (bicyclic) bond motifs is 1. The average molecular weight is 719 g/mol. The summed E-state index contributed by atoms with van der Waals surface area (Å²) in [6.45, 7) is 3.41. The van der Waals surface area contributed by atoms with E-state index in [0.717, 1.165) is 41.4 Å². The molecular weight excluding hydrogens is 682 g/mol. The first kappa shape index (κ1) is 31.7. The van der Waals surface area contributed by atoms with E-state index in [0.29, 0.717) is 37.0 Å². The highest BCUT2D eigenvalue weighted by molar-refractivity contribution is 9.11. The maximum atomic E-state index is 14.1. The topological polar surface area (TPSA) is 119 Å². The number of carbonyl (C=O) groups excluding carboxylic acids is 1. The van der Waals surface area contributed by atoms with E-state index in [1.807, 2.05) is 53.6 Å². The van der Waals surface area contributed by atoms with Gasteiger partial charge in [0.1, 0.15) is 17.5 Å². The molecule has 2 aliphatic rings. The molecule has 2 aromatic carbocycles. The van der Waals surface area contributed by atoms with Crippen LogP contribution in [0.4, 0.5) is 0 Å². The van der Waals surface area contributed by atoms with Crippen molar-refractivity contribution in [2.24, 2.45) is 5.92 Å². The number of nitrogens with zero attached hydrogens (tertiary/aromatic N) is 7. The van der Waals surface area contributed by atoms with E-state index in [1.165, 1.54) is 27.5 Å². The smallest absolute Gasteiger partial charge is 0.264 e. The number of amides is 1. The van der Waals surface area contributed by atoms with Crippen LogP contribution < -0.4 is 10.3 Å². The van der Waals surface area contributed by atoms with E-state index in [1.54, 1.807) is 23.1 Å². The lowest BCUT2D eigenvalue weighted by Gasteiger charge is -2.43. The lowest BCUT2D eigenvalue weighted by molar-refractivity contribution is -0.142. The Balaban J connectivity index is 1.02. The molecule has 1 N–H and O–H groups in total. The Bertz CT molecular complexity index is 1920. The minimum Gasteiger partial charge on any atom is -0.497 e. The minimum atomic E-state index is -1.13. The fraction of sp³-hybridized carbons (Fsp3) is 0.382. The number of benzene rings is 2. The van der Waals surface area contributed by atoms with Gasteiger partial charge in [-0.25, -0.2) is 14.6 Å². The Kier molecular flexibility index (Phi) is 8.97. The zero-order chi connectivity index (χ0) is 32.5. The molecular formula is C34H36BrN7O4S. The number of ether oxygens (including phenoxy) is 1. The molecule has 47 heavy (non-hydrogen) atoms. The van der Waals surface area contributed by atoms with Crippen LogP contribution in [0.2, 0.25) is 0 Å². The highest BCUT2D eigenvalue weighted by Gasteiger charge is 2.41. The first-order valence-corrected chi connectivity index (χ1v) is 17.4. The van der Waals surface area contributed by atoms with Crippen molar-refractivity contribution < 1.29 is 14.6 Å². The molecule has 5 aromatic rings. The highest BCUT2D eigenvalue weighted by Crippen LogP contribution is 2.36. The zero-order valence-corrected chi connectivity index (χ0v) is 28.4. The predicted molar refractivity (Wildman–Crippen MR) is 183 cm³/mol. The Morgan fingerprint density at radius 1 is 1.06 bits per heavy atom. The number of piperidine rings is 2. The van der Waals surface area contributed by atoms with Crippen LogP contribution in [-0.2, 0) is 17.9 Å². The van der Waals surface area contributed by atoms with Gasteiger partial charge in [0.2, 0.25) is 5.91 Å². The highest BCUT2D eigenvalue weighted by atomic mass is 79.9. The second kappa shape index (κ2) is 13.3. The minimum absolute atomic E-state index is 0.0739. The maximum absolute atomic E-state index is 14.1. The van der Waals surface area contributed by atoms with Crippen LogP contribution in [0.15, 0.2) is 82.0 Å². The summed E-state index contributed by atoms with van der Waals surface area (Å²) in [5.74, 6) is 0.806. The standard InChI is InChI=1S/C34H36BrN7O4S/c1-46-25-9-7-24(8-10-25)42-30-28(18-38-42)32(44)41(22-37-30)21-34(45)12-15-40(16-13-34)31(43)27-11-14-39(19-26-17-36-33(35)47-26)20-29(27)23-5-3-2-4-6-23/h2-10,17-18,22,27,29,45H,11-16,19-21H2,1H3/t27-,29+/m1/s1. The Hall–Kier alpha value is -3.91. The summed E-state index contributed by atoms with van der Waals surface area (Å²) in [5.41, 5.74) is 0.988. The summed E-state index contributed by atoms with van der Waals surface area (Å²) in [6.07, 6.45) is 6.43. The number of carbonyl (C=O) groups is 1. The summed E-state index contributed by atoms with van der Waals surface area (Å²) in [6, 6.07) is 17.7. The van der Waals surface area contributed by atoms with Crippen molar-refractivity contribution in [1.29, 1.82) is 0 Å². The van der Waals surface area contributed by atoms with Gasteiger partial charge in [-0.05, 0) is 71.6 Å². The third kappa shape index (κ3) is 6.62. The molecule has 0 saturated carbocycles. The number of hydrogen-bond donors (Lipinski definition) is 1. The lowest BCUT2D eigenvalue weighted by atomic mass is 9.79. The number of methoxy groups -OCH3 is 1. The van der Waals surface area contributed by atoms with Gasteiger partial charge in [-0.1, -0.05) is 30.3 Å². The molecule has 13 heteroatoms. The monoisotopic (exact) mass is 717 g/mol. The van der Waals surface area contributed by atoms with Crippen molar-refractivity contribution in [3.63, 3.8) is 0 Å². The number of aromatic nitrogens is 5. The molecule has 2 atom stereocenters. The van der Waals surface area contributed by atoms with Gasteiger partial charge < -0.3 is 14.7 Å². The second-order valence-electron chi connectivity index (χ2n) is 12.4. The van der Waals surface area contributed by atoms with Gasteiger partial charge in [-0.15, -0.1) is 11.3 Å². The quantitative estimate of drug-likeness (QED) is 0.250. The zero-order valence-electron chi connectivity index (χ0n) is 26.0. The molecule has 5 heterocycles. The first-order valence-electron chi connectivity index (χ1n) is 15.8. The van der Waals surface area contributed by atoms with E-state index in [9.17, 15) is 14.7 Å². The SMILES string of the molecule is COc1ccc(-n2ncc3c(=O)n(CC4(O)CCN(C(=O)[C@@H]5CCN(Cc6cnc(Br)s6)C[C@H]5c5ccccc5)CC4)cnc32)cc1. The van der Waals surface area contributed by atoms with Crippen LogP contribution in [0.5, 0.6) is 5.75 Å².